The number of nitrogens with one attached hydrogen (secondary N) is 1. The molecule has 0 aliphatic heterocycles. The second-order valence-corrected chi connectivity index (χ2v) is 4.71. The Balaban J connectivity index is 2.54. The Labute approximate surface area is 89.2 Å². The van der Waals surface area contributed by atoms with Gasteiger partial charge < -0.3 is 4.74 Å². The molecule has 1 unspecified atom stereocenters. The van der Waals surface area contributed by atoms with Crippen LogP contribution in [0.15, 0.2) is 11.4 Å². The van der Waals surface area contributed by atoms with Crippen LogP contribution in [0.3, 0.4) is 0 Å². The molecule has 80 valence electrons. The van der Waals surface area contributed by atoms with E-state index in [-0.39, 0.29) is 12.1 Å². The second kappa shape index (κ2) is 5.46. The SMILES string of the molecule is Cc1cc(C(COC(C)C)NN)cs1. The predicted octanol–water partition coefficient (Wildman–Crippen LogP) is 1.99. The van der Waals surface area contributed by atoms with Crippen LogP contribution in [0.4, 0.5) is 0 Å². The van der Waals surface area contributed by atoms with Crippen LogP contribution in [0.5, 0.6) is 0 Å². The smallest absolute Gasteiger partial charge is 0.0702 e. The van der Waals surface area contributed by atoms with E-state index < -0.39 is 0 Å². The van der Waals surface area contributed by atoms with E-state index in [2.05, 4.69) is 23.8 Å². The van der Waals surface area contributed by atoms with Crippen molar-refractivity contribution < 1.29 is 4.74 Å². The van der Waals surface area contributed by atoms with Gasteiger partial charge in [-0.05, 0) is 37.8 Å². The van der Waals surface area contributed by atoms with Gasteiger partial charge in [0.05, 0.1) is 18.8 Å². The highest BCUT2D eigenvalue weighted by atomic mass is 32.1. The van der Waals surface area contributed by atoms with Gasteiger partial charge in [-0.3, -0.25) is 11.3 Å². The van der Waals surface area contributed by atoms with Gasteiger partial charge in [0.25, 0.3) is 0 Å². The van der Waals surface area contributed by atoms with Crippen LogP contribution in [0.25, 0.3) is 0 Å². The number of aryl methyl sites for hydroxylation is 1. The van der Waals surface area contributed by atoms with Gasteiger partial charge in [-0.1, -0.05) is 0 Å². The summed E-state index contributed by atoms with van der Waals surface area (Å²) >= 11 is 1.73. The summed E-state index contributed by atoms with van der Waals surface area (Å²) in [6, 6.07) is 2.24. The summed E-state index contributed by atoms with van der Waals surface area (Å²) in [5.74, 6) is 5.47. The van der Waals surface area contributed by atoms with Gasteiger partial charge in [0.15, 0.2) is 0 Å². The lowest BCUT2D eigenvalue weighted by atomic mass is 10.1. The summed E-state index contributed by atoms with van der Waals surface area (Å²) in [5.41, 5.74) is 3.97. The van der Waals surface area contributed by atoms with E-state index in [9.17, 15) is 0 Å². The van der Waals surface area contributed by atoms with E-state index in [4.69, 9.17) is 10.6 Å². The summed E-state index contributed by atoms with van der Waals surface area (Å²) in [6.45, 7) is 6.74. The molecule has 0 radical (unpaired) electrons. The average Bonchev–Trinajstić information content (AvgIpc) is 2.53. The normalized spacial score (nSPS) is 13.5. The number of hydrazine groups is 1. The Bertz CT molecular complexity index is 273. The molecule has 0 fully saturated rings. The Morgan fingerprint density at radius 1 is 1.57 bits per heavy atom. The van der Waals surface area contributed by atoms with Crippen molar-refractivity contribution in [3.05, 3.63) is 21.9 Å². The van der Waals surface area contributed by atoms with Crippen LogP contribution in [0, 0.1) is 6.92 Å². The highest BCUT2D eigenvalue weighted by molar-refractivity contribution is 7.10. The maximum atomic E-state index is 5.52. The van der Waals surface area contributed by atoms with Crippen LogP contribution in [0.2, 0.25) is 0 Å². The lowest BCUT2D eigenvalue weighted by Gasteiger charge is -2.16. The first-order valence-electron chi connectivity index (χ1n) is 4.76. The van der Waals surface area contributed by atoms with Crippen LogP contribution >= 0.6 is 11.3 Å². The van der Waals surface area contributed by atoms with E-state index in [1.54, 1.807) is 11.3 Å². The van der Waals surface area contributed by atoms with Crippen molar-refractivity contribution in [2.75, 3.05) is 6.61 Å². The maximum absolute atomic E-state index is 5.52. The summed E-state index contributed by atoms with van der Waals surface area (Å²) in [4.78, 5) is 1.30. The van der Waals surface area contributed by atoms with Crippen LogP contribution in [-0.4, -0.2) is 12.7 Å². The number of hydrogen-bond donors (Lipinski definition) is 2. The van der Waals surface area contributed by atoms with E-state index in [0.29, 0.717) is 6.61 Å². The summed E-state index contributed by atoms with van der Waals surface area (Å²) in [5, 5.41) is 2.11. The number of hydrogen-bond acceptors (Lipinski definition) is 4. The molecule has 1 aromatic heterocycles. The van der Waals surface area contributed by atoms with E-state index >= 15 is 0 Å². The zero-order valence-electron chi connectivity index (χ0n) is 8.91. The van der Waals surface area contributed by atoms with Crippen molar-refractivity contribution in [2.45, 2.75) is 32.9 Å². The third-order valence-corrected chi connectivity index (χ3v) is 2.83. The van der Waals surface area contributed by atoms with E-state index in [1.165, 1.54) is 10.4 Å². The van der Waals surface area contributed by atoms with Gasteiger partial charge in [0.1, 0.15) is 0 Å². The fraction of sp³-hybridized carbons (Fsp3) is 0.600. The minimum atomic E-state index is 0.0994. The number of rotatable bonds is 5. The molecule has 4 heteroatoms. The summed E-state index contributed by atoms with van der Waals surface area (Å²) in [6.07, 6.45) is 0.241. The van der Waals surface area contributed by atoms with Crippen LogP contribution in [0.1, 0.15) is 30.3 Å². The molecule has 1 aromatic rings. The number of nitrogens with two attached hydrogens (primary N) is 1. The monoisotopic (exact) mass is 214 g/mol. The van der Waals surface area contributed by atoms with E-state index in [0.717, 1.165) is 0 Å². The highest BCUT2D eigenvalue weighted by Crippen LogP contribution is 2.20. The first-order chi connectivity index (χ1) is 6.63. The third kappa shape index (κ3) is 3.38. The molecule has 1 rings (SSSR count). The van der Waals surface area contributed by atoms with Crippen LogP contribution in [-0.2, 0) is 4.74 Å². The van der Waals surface area contributed by atoms with Gasteiger partial charge in [-0.2, -0.15) is 0 Å². The third-order valence-electron chi connectivity index (χ3n) is 1.95. The zero-order chi connectivity index (χ0) is 10.6. The standard InChI is InChI=1S/C10H18N2OS/c1-7(2)13-5-10(12-11)9-4-8(3)14-6-9/h4,6-7,10,12H,5,11H2,1-3H3. The minimum absolute atomic E-state index is 0.0994. The van der Waals surface area contributed by atoms with E-state index in [1.807, 2.05) is 13.8 Å². The van der Waals surface area contributed by atoms with Crippen molar-refractivity contribution in [3.63, 3.8) is 0 Å². The molecule has 0 aliphatic carbocycles. The maximum Gasteiger partial charge on any atom is 0.0702 e. The van der Waals surface area contributed by atoms with Gasteiger partial charge in [0, 0.05) is 4.88 Å². The largest absolute Gasteiger partial charge is 0.377 e. The molecule has 3 nitrogen and oxygen atoms in total. The zero-order valence-corrected chi connectivity index (χ0v) is 9.73. The first kappa shape index (κ1) is 11.7. The molecule has 0 amide bonds. The Morgan fingerprint density at radius 3 is 2.71 bits per heavy atom. The van der Waals surface area contributed by atoms with Gasteiger partial charge in [-0.15, -0.1) is 11.3 Å². The molecular formula is C10H18N2OS. The first-order valence-corrected chi connectivity index (χ1v) is 5.64. The molecule has 0 spiro atoms. The Morgan fingerprint density at radius 2 is 2.29 bits per heavy atom. The molecule has 1 heterocycles. The fourth-order valence-corrected chi connectivity index (χ4v) is 1.93. The predicted molar refractivity (Wildman–Crippen MR) is 60.2 cm³/mol. The molecule has 0 aliphatic rings. The molecule has 0 aromatic carbocycles. The number of ether oxygens (including phenoxy) is 1. The van der Waals surface area contributed by atoms with Gasteiger partial charge in [-0.25, -0.2) is 0 Å². The molecule has 1 atom stereocenters. The minimum Gasteiger partial charge on any atom is -0.377 e. The van der Waals surface area contributed by atoms with Crippen molar-refractivity contribution in [1.29, 1.82) is 0 Å². The van der Waals surface area contributed by atoms with Crippen molar-refractivity contribution in [3.8, 4) is 0 Å². The molecule has 3 N–H and O–H groups in total. The van der Waals surface area contributed by atoms with Crippen molar-refractivity contribution >= 4 is 11.3 Å². The molecule has 14 heavy (non-hydrogen) atoms. The summed E-state index contributed by atoms with van der Waals surface area (Å²) < 4.78 is 5.52. The Kier molecular flexibility index (Phi) is 4.54. The van der Waals surface area contributed by atoms with Gasteiger partial charge >= 0.3 is 0 Å². The second-order valence-electron chi connectivity index (χ2n) is 3.59. The molecule has 0 saturated carbocycles. The molecular weight excluding hydrogens is 196 g/mol. The summed E-state index contributed by atoms with van der Waals surface area (Å²) in [7, 11) is 0. The number of thiophene rings is 1. The Hall–Kier alpha value is -0.420. The van der Waals surface area contributed by atoms with Crippen molar-refractivity contribution in [1.82, 2.24) is 5.43 Å². The molecule has 0 saturated heterocycles. The van der Waals surface area contributed by atoms with Crippen LogP contribution < -0.4 is 11.3 Å². The van der Waals surface area contributed by atoms with Gasteiger partial charge in [0.2, 0.25) is 0 Å². The highest BCUT2D eigenvalue weighted by Gasteiger charge is 2.11. The fourth-order valence-electron chi connectivity index (χ4n) is 1.18. The average molecular weight is 214 g/mol. The quantitative estimate of drug-likeness (QED) is 0.582. The van der Waals surface area contributed by atoms with Crippen molar-refractivity contribution in [2.24, 2.45) is 5.84 Å². The lowest BCUT2D eigenvalue weighted by Crippen LogP contribution is -2.31. The molecule has 0 bridgehead atoms. The lowest BCUT2D eigenvalue weighted by molar-refractivity contribution is 0.0612. The topological polar surface area (TPSA) is 47.3 Å².